The second-order valence-corrected chi connectivity index (χ2v) is 5.68. The summed E-state index contributed by atoms with van der Waals surface area (Å²) < 4.78 is 0. The van der Waals surface area contributed by atoms with E-state index in [1.807, 2.05) is 0 Å². The van der Waals surface area contributed by atoms with Gasteiger partial charge in [-0.1, -0.05) is 12.1 Å². The molecule has 106 valence electrons. The first kappa shape index (κ1) is 14.3. The van der Waals surface area contributed by atoms with Gasteiger partial charge in [0.05, 0.1) is 0 Å². The van der Waals surface area contributed by atoms with Crippen LogP contribution in [-0.2, 0) is 6.54 Å². The molecule has 1 heterocycles. The second-order valence-electron chi connectivity index (χ2n) is 5.68. The predicted molar refractivity (Wildman–Crippen MR) is 81.5 cm³/mol. The van der Waals surface area contributed by atoms with Crippen molar-refractivity contribution < 1.29 is 0 Å². The van der Waals surface area contributed by atoms with E-state index in [2.05, 4.69) is 60.1 Å². The fraction of sp³-hybridized carbons (Fsp3) is 0.600. The van der Waals surface area contributed by atoms with E-state index in [-0.39, 0.29) is 0 Å². The Morgan fingerprint density at radius 2 is 1.89 bits per heavy atom. The van der Waals surface area contributed by atoms with Gasteiger partial charge < -0.3 is 15.5 Å². The molecule has 0 amide bonds. The normalized spacial score (nSPS) is 21.6. The lowest BCUT2D eigenvalue weighted by Crippen LogP contribution is -2.54. The molecule has 4 heteroatoms. The fourth-order valence-electron chi connectivity index (χ4n) is 2.61. The molecule has 0 bridgehead atoms. The minimum Gasteiger partial charge on any atom is -0.378 e. The third kappa shape index (κ3) is 3.69. The van der Waals surface area contributed by atoms with Crippen LogP contribution in [0.15, 0.2) is 24.3 Å². The highest BCUT2D eigenvalue weighted by Crippen LogP contribution is 2.16. The molecule has 19 heavy (non-hydrogen) atoms. The van der Waals surface area contributed by atoms with Gasteiger partial charge in [0.15, 0.2) is 0 Å². The average molecular weight is 262 g/mol. The Kier molecular flexibility index (Phi) is 4.80. The summed E-state index contributed by atoms with van der Waals surface area (Å²) in [5.41, 5.74) is 8.52. The molecule has 1 aliphatic rings. The van der Waals surface area contributed by atoms with Gasteiger partial charge in [0.2, 0.25) is 0 Å². The van der Waals surface area contributed by atoms with E-state index in [1.165, 1.54) is 11.3 Å². The number of likely N-dealkylation sites (N-methyl/N-ethyl adjacent to an activating group) is 1. The van der Waals surface area contributed by atoms with Crippen molar-refractivity contribution in [1.29, 1.82) is 0 Å². The quantitative estimate of drug-likeness (QED) is 0.872. The monoisotopic (exact) mass is 262 g/mol. The fourth-order valence-corrected chi connectivity index (χ4v) is 2.61. The summed E-state index contributed by atoms with van der Waals surface area (Å²) in [7, 11) is 6.31. The molecule has 1 aliphatic heterocycles. The highest BCUT2D eigenvalue weighted by Gasteiger charge is 2.23. The smallest absolute Gasteiger partial charge is 0.0361 e. The SMILES string of the molecule is CN1CCN(Cc2ccc(N(C)C)cc2)C(CN)C1. The molecule has 0 aliphatic carbocycles. The summed E-state index contributed by atoms with van der Waals surface area (Å²) in [5.74, 6) is 0. The van der Waals surface area contributed by atoms with Crippen molar-refractivity contribution in [2.24, 2.45) is 5.73 Å². The molecule has 2 rings (SSSR count). The minimum absolute atomic E-state index is 0.479. The number of hydrogen-bond acceptors (Lipinski definition) is 4. The third-order valence-corrected chi connectivity index (χ3v) is 3.92. The Bertz CT molecular complexity index is 388. The Morgan fingerprint density at radius 1 is 1.21 bits per heavy atom. The number of anilines is 1. The Morgan fingerprint density at radius 3 is 2.47 bits per heavy atom. The maximum absolute atomic E-state index is 5.90. The first-order valence-electron chi connectivity index (χ1n) is 6.99. The van der Waals surface area contributed by atoms with Crippen LogP contribution < -0.4 is 10.6 Å². The van der Waals surface area contributed by atoms with Crippen molar-refractivity contribution in [3.05, 3.63) is 29.8 Å². The average Bonchev–Trinajstić information content (AvgIpc) is 2.41. The topological polar surface area (TPSA) is 35.7 Å². The van der Waals surface area contributed by atoms with E-state index >= 15 is 0 Å². The molecule has 1 unspecified atom stereocenters. The van der Waals surface area contributed by atoms with E-state index in [9.17, 15) is 0 Å². The number of rotatable bonds is 4. The van der Waals surface area contributed by atoms with Gasteiger partial charge in [0, 0.05) is 58.5 Å². The van der Waals surface area contributed by atoms with Gasteiger partial charge >= 0.3 is 0 Å². The van der Waals surface area contributed by atoms with Gasteiger partial charge in [0.1, 0.15) is 0 Å². The van der Waals surface area contributed by atoms with Crippen molar-refractivity contribution >= 4 is 5.69 Å². The summed E-state index contributed by atoms with van der Waals surface area (Å²) in [6.07, 6.45) is 0. The van der Waals surface area contributed by atoms with Crippen LogP contribution in [0.2, 0.25) is 0 Å². The maximum Gasteiger partial charge on any atom is 0.0361 e. The maximum atomic E-state index is 5.90. The van der Waals surface area contributed by atoms with E-state index in [4.69, 9.17) is 5.73 Å². The van der Waals surface area contributed by atoms with Gasteiger partial charge in [-0.3, -0.25) is 4.90 Å². The first-order chi connectivity index (χ1) is 9.10. The number of benzene rings is 1. The van der Waals surface area contributed by atoms with E-state index in [1.54, 1.807) is 0 Å². The van der Waals surface area contributed by atoms with Crippen molar-refractivity contribution in [3.8, 4) is 0 Å². The van der Waals surface area contributed by atoms with Gasteiger partial charge in [-0.05, 0) is 24.7 Å². The molecule has 1 aromatic carbocycles. The lowest BCUT2D eigenvalue weighted by molar-refractivity contribution is 0.0881. The Balaban J connectivity index is 1.99. The van der Waals surface area contributed by atoms with Crippen molar-refractivity contribution in [2.75, 3.05) is 52.2 Å². The second kappa shape index (κ2) is 6.37. The molecular formula is C15H26N4. The number of piperazine rings is 1. The molecule has 0 saturated carbocycles. The molecule has 1 aromatic rings. The Hall–Kier alpha value is -1.10. The van der Waals surface area contributed by atoms with E-state index in [0.717, 1.165) is 32.7 Å². The lowest BCUT2D eigenvalue weighted by atomic mass is 10.1. The largest absolute Gasteiger partial charge is 0.378 e. The van der Waals surface area contributed by atoms with E-state index in [0.29, 0.717) is 6.04 Å². The first-order valence-corrected chi connectivity index (χ1v) is 6.99. The van der Waals surface area contributed by atoms with Gasteiger partial charge in [-0.25, -0.2) is 0 Å². The number of nitrogens with zero attached hydrogens (tertiary/aromatic N) is 3. The summed E-state index contributed by atoms with van der Waals surface area (Å²) in [6, 6.07) is 9.29. The van der Waals surface area contributed by atoms with Crippen LogP contribution in [-0.4, -0.2) is 63.2 Å². The van der Waals surface area contributed by atoms with Crippen molar-refractivity contribution in [3.63, 3.8) is 0 Å². The van der Waals surface area contributed by atoms with E-state index < -0.39 is 0 Å². The van der Waals surface area contributed by atoms with Crippen LogP contribution in [0.3, 0.4) is 0 Å². The molecule has 1 saturated heterocycles. The summed E-state index contributed by atoms with van der Waals surface area (Å²) in [5, 5.41) is 0. The number of nitrogens with two attached hydrogens (primary N) is 1. The van der Waals surface area contributed by atoms with Crippen LogP contribution in [0.4, 0.5) is 5.69 Å². The molecule has 1 fully saturated rings. The van der Waals surface area contributed by atoms with Crippen LogP contribution in [0.25, 0.3) is 0 Å². The molecule has 0 spiro atoms. The summed E-state index contributed by atoms with van der Waals surface area (Å²) >= 11 is 0. The highest BCUT2D eigenvalue weighted by molar-refractivity contribution is 5.45. The van der Waals surface area contributed by atoms with Crippen molar-refractivity contribution in [2.45, 2.75) is 12.6 Å². The van der Waals surface area contributed by atoms with Crippen LogP contribution in [0.1, 0.15) is 5.56 Å². The summed E-state index contributed by atoms with van der Waals surface area (Å²) in [4.78, 5) is 7.00. The standard InChI is InChI=1S/C15H26N4/c1-17(2)14-6-4-13(5-7-14)11-19-9-8-18(3)12-15(19)10-16/h4-7,15H,8-12,16H2,1-3H3. The summed E-state index contributed by atoms with van der Waals surface area (Å²) in [6.45, 7) is 5.05. The zero-order chi connectivity index (χ0) is 13.8. The molecular weight excluding hydrogens is 236 g/mol. The number of hydrogen-bond donors (Lipinski definition) is 1. The zero-order valence-corrected chi connectivity index (χ0v) is 12.3. The van der Waals surface area contributed by atoms with Gasteiger partial charge in [-0.2, -0.15) is 0 Å². The van der Waals surface area contributed by atoms with Crippen molar-refractivity contribution in [1.82, 2.24) is 9.80 Å². The third-order valence-electron chi connectivity index (χ3n) is 3.92. The highest BCUT2D eigenvalue weighted by atomic mass is 15.3. The molecule has 4 nitrogen and oxygen atoms in total. The van der Waals surface area contributed by atoms with Gasteiger partial charge in [0.25, 0.3) is 0 Å². The molecule has 0 radical (unpaired) electrons. The molecule has 0 aromatic heterocycles. The van der Waals surface area contributed by atoms with Crippen LogP contribution in [0, 0.1) is 0 Å². The van der Waals surface area contributed by atoms with Crippen LogP contribution >= 0.6 is 0 Å². The lowest BCUT2D eigenvalue weighted by Gasteiger charge is -2.39. The molecule has 2 N–H and O–H groups in total. The van der Waals surface area contributed by atoms with Crippen LogP contribution in [0.5, 0.6) is 0 Å². The predicted octanol–water partition coefficient (Wildman–Crippen LogP) is 0.827. The zero-order valence-electron chi connectivity index (χ0n) is 12.3. The minimum atomic E-state index is 0.479. The molecule has 1 atom stereocenters. The Labute approximate surface area is 116 Å². The van der Waals surface area contributed by atoms with Gasteiger partial charge in [-0.15, -0.1) is 0 Å².